The molecule has 0 unspecified atom stereocenters. The maximum Gasteiger partial charge on any atom is 0.144 e. The molecule has 0 radical (unpaired) electrons. The molecule has 1 fully saturated rings. The highest BCUT2D eigenvalue weighted by Gasteiger charge is 2.42. The first-order valence-corrected chi connectivity index (χ1v) is 5.34. The molecule has 0 spiro atoms. The lowest BCUT2D eigenvalue weighted by molar-refractivity contribution is 0.650. The van der Waals surface area contributed by atoms with Crippen LogP contribution < -0.4 is 0 Å². The summed E-state index contributed by atoms with van der Waals surface area (Å²) in [7, 11) is -1.06. The summed E-state index contributed by atoms with van der Waals surface area (Å²) >= 11 is 0. The summed E-state index contributed by atoms with van der Waals surface area (Å²) in [5, 5.41) is 0. The maximum absolute atomic E-state index is 11.5. The first-order chi connectivity index (χ1) is 5.23. The standard InChI is InChI=1S/C9H17NOS/c1-8(2,3)12(11)10-7-6-9(7,4)5/h6H2,1-5H3/b10-7-/t12-/m1/s1. The van der Waals surface area contributed by atoms with Gasteiger partial charge in [-0.25, -0.2) is 4.21 Å². The largest absolute Gasteiger partial charge is 0.234 e. The van der Waals surface area contributed by atoms with Crippen LogP contribution in [0, 0.1) is 5.41 Å². The lowest BCUT2D eigenvalue weighted by Gasteiger charge is -2.12. The molecule has 1 atom stereocenters. The Morgan fingerprint density at radius 3 is 2.08 bits per heavy atom. The van der Waals surface area contributed by atoms with Gasteiger partial charge in [-0.05, 0) is 27.2 Å². The van der Waals surface area contributed by atoms with Gasteiger partial charge in [-0.2, -0.15) is 4.40 Å². The molecule has 0 bridgehead atoms. The van der Waals surface area contributed by atoms with Gasteiger partial charge in [0, 0.05) is 11.1 Å². The molecule has 1 rings (SSSR count). The molecule has 2 nitrogen and oxygen atoms in total. The predicted molar refractivity (Wildman–Crippen MR) is 53.7 cm³/mol. The summed E-state index contributed by atoms with van der Waals surface area (Å²) < 4.78 is 15.5. The van der Waals surface area contributed by atoms with Crippen molar-refractivity contribution in [1.29, 1.82) is 0 Å². The van der Waals surface area contributed by atoms with Crippen molar-refractivity contribution in [1.82, 2.24) is 0 Å². The molecular formula is C9H17NOS. The molecule has 70 valence electrons. The van der Waals surface area contributed by atoms with E-state index in [-0.39, 0.29) is 10.2 Å². The Hall–Kier alpha value is -0.180. The average Bonchev–Trinajstić information content (AvgIpc) is 2.36. The Labute approximate surface area is 77.1 Å². The predicted octanol–water partition coefficient (Wildman–Crippen LogP) is 2.32. The molecular weight excluding hydrogens is 170 g/mol. The van der Waals surface area contributed by atoms with Crippen LogP contribution in [0.4, 0.5) is 0 Å². The zero-order valence-electron chi connectivity index (χ0n) is 8.47. The number of hydrogen-bond acceptors (Lipinski definition) is 1. The van der Waals surface area contributed by atoms with E-state index >= 15 is 0 Å². The van der Waals surface area contributed by atoms with E-state index in [1.165, 1.54) is 0 Å². The van der Waals surface area contributed by atoms with Gasteiger partial charge in [-0.1, -0.05) is 13.8 Å². The minimum atomic E-state index is -1.06. The Kier molecular flexibility index (Phi) is 2.19. The van der Waals surface area contributed by atoms with E-state index in [0.29, 0.717) is 0 Å². The van der Waals surface area contributed by atoms with Crippen molar-refractivity contribution in [3.8, 4) is 0 Å². The Bertz CT molecular complexity index is 248. The van der Waals surface area contributed by atoms with Gasteiger partial charge in [0.1, 0.15) is 11.0 Å². The third-order valence-corrected chi connectivity index (χ3v) is 3.42. The molecule has 0 amide bonds. The van der Waals surface area contributed by atoms with E-state index < -0.39 is 11.0 Å². The first-order valence-electron chi connectivity index (χ1n) is 4.23. The monoisotopic (exact) mass is 187 g/mol. The van der Waals surface area contributed by atoms with Crippen LogP contribution in [-0.4, -0.2) is 14.7 Å². The average molecular weight is 187 g/mol. The topological polar surface area (TPSA) is 29.4 Å². The van der Waals surface area contributed by atoms with Crippen LogP contribution in [-0.2, 0) is 11.0 Å². The van der Waals surface area contributed by atoms with Crippen LogP contribution >= 0.6 is 0 Å². The SMILES string of the molecule is CC1(C)C/C1=N/[S@](=O)C(C)(C)C. The normalized spacial score (nSPS) is 27.2. The number of hydrogen-bond donors (Lipinski definition) is 0. The van der Waals surface area contributed by atoms with Gasteiger partial charge in [-0.3, -0.25) is 0 Å². The highest BCUT2D eigenvalue weighted by atomic mass is 32.2. The molecule has 12 heavy (non-hydrogen) atoms. The van der Waals surface area contributed by atoms with Crippen molar-refractivity contribution >= 4 is 16.7 Å². The lowest BCUT2D eigenvalue weighted by Crippen LogP contribution is -2.20. The third-order valence-electron chi connectivity index (χ3n) is 1.98. The zero-order valence-corrected chi connectivity index (χ0v) is 9.29. The van der Waals surface area contributed by atoms with E-state index in [0.717, 1.165) is 12.1 Å². The van der Waals surface area contributed by atoms with E-state index in [1.807, 2.05) is 20.8 Å². The van der Waals surface area contributed by atoms with E-state index in [2.05, 4.69) is 18.2 Å². The van der Waals surface area contributed by atoms with Gasteiger partial charge in [0.05, 0.1) is 4.75 Å². The van der Waals surface area contributed by atoms with Crippen molar-refractivity contribution in [3.63, 3.8) is 0 Å². The van der Waals surface area contributed by atoms with Crippen molar-refractivity contribution < 1.29 is 4.21 Å². The summed E-state index contributed by atoms with van der Waals surface area (Å²) in [6.45, 7) is 10.1. The fourth-order valence-corrected chi connectivity index (χ4v) is 1.55. The Morgan fingerprint density at radius 1 is 1.42 bits per heavy atom. The van der Waals surface area contributed by atoms with Gasteiger partial charge in [0.25, 0.3) is 0 Å². The summed E-state index contributed by atoms with van der Waals surface area (Å²) in [6, 6.07) is 0. The summed E-state index contributed by atoms with van der Waals surface area (Å²) in [5.41, 5.74) is 1.33. The highest BCUT2D eigenvalue weighted by Crippen LogP contribution is 2.41. The lowest BCUT2D eigenvalue weighted by atomic mass is 10.2. The van der Waals surface area contributed by atoms with Gasteiger partial charge >= 0.3 is 0 Å². The fourth-order valence-electron chi connectivity index (χ4n) is 0.767. The number of rotatable bonds is 1. The van der Waals surface area contributed by atoms with Crippen LogP contribution in [0.5, 0.6) is 0 Å². The summed E-state index contributed by atoms with van der Waals surface area (Å²) in [5.74, 6) is 0. The summed E-state index contributed by atoms with van der Waals surface area (Å²) in [4.78, 5) is 0. The van der Waals surface area contributed by atoms with E-state index in [1.54, 1.807) is 0 Å². The Morgan fingerprint density at radius 2 is 1.83 bits per heavy atom. The van der Waals surface area contributed by atoms with Crippen molar-refractivity contribution in [2.75, 3.05) is 0 Å². The van der Waals surface area contributed by atoms with Crippen molar-refractivity contribution in [2.24, 2.45) is 9.81 Å². The third kappa shape index (κ3) is 2.16. The van der Waals surface area contributed by atoms with Crippen LogP contribution in [0.25, 0.3) is 0 Å². The molecule has 1 saturated carbocycles. The van der Waals surface area contributed by atoms with Gasteiger partial charge in [0.2, 0.25) is 0 Å². The van der Waals surface area contributed by atoms with Crippen LogP contribution in [0.15, 0.2) is 4.40 Å². The van der Waals surface area contributed by atoms with Gasteiger partial charge in [0.15, 0.2) is 0 Å². The van der Waals surface area contributed by atoms with E-state index in [9.17, 15) is 4.21 Å². The fraction of sp³-hybridized carbons (Fsp3) is 0.889. The minimum Gasteiger partial charge on any atom is -0.234 e. The molecule has 0 N–H and O–H groups in total. The van der Waals surface area contributed by atoms with Crippen molar-refractivity contribution in [2.45, 2.75) is 45.8 Å². The van der Waals surface area contributed by atoms with Crippen LogP contribution in [0.1, 0.15) is 41.0 Å². The highest BCUT2D eigenvalue weighted by molar-refractivity contribution is 7.85. The molecule has 1 aliphatic rings. The van der Waals surface area contributed by atoms with Gasteiger partial charge in [-0.15, -0.1) is 0 Å². The van der Waals surface area contributed by atoms with Crippen molar-refractivity contribution in [3.05, 3.63) is 0 Å². The minimum absolute atomic E-state index is 0.217. The first kappa shape index (κ1) is 9.90. The van der Waals surface area contributed by atoms with Gasteiger partial charge < -0.3 is 0 Å². The molecule has 1 aliphatic carbocycles. The summed E-state index contributed by atoms with van der Waals surface area (Å²) in [6.07, 6.45) is 1.01. The molecule has 0 aromatic rings. The molecule has 0 aromatic carbocycles. The molecule has 0 heterocycles. The molecule has 0 aliphatic heterocycles. The quantitative estimate of drug-likeness (QED) is 0.619. The second-order valence-corrected chi connectivity index (χ2v) is 6.87. The molecule has 3 heteroatoms. The second-order valence-electron chi connectivity index (χ2n) is 4.96. The maximum atomic E-state index is 11.5. The zero-order chi connectivity index (χ0) is 9.57. The second kappa shape index (κ2) is 2.66. The van der Waals surface area contributed by atoms with Crippen LogP contribution in [0.2, 0.25) is 0 Å². The smallest absolute Gasteiger partial charge is 0.144 e. The molecule has 0 saturated heterocycles. The Balaban J connectivity index is 2.66. The van der Waals surface area contributed by atoms with E-state index in [4.69, 9.17) is 0 Å². The van der Waals surface area contributed by atoms with Crippen LogP contribution in [0.3, 0.4) is 0 Å². The number of nitrogens with zero attached hydrogens (tertiary/aromatic N) is 1. The molecule has 0 aromatic heterocycles.